The molecule has 1 N–H and O–H groups in total. The molecule has 4 heteroatoms. The molecule has 0 aliphatic carbocycles. The highest BCUT2D eigenvalue weighted by Gasteiger charge is 2.25. The molecule has 0 heterocycles. The van der Waals surface area contributed by atoms with Gasteiger partial charge >= 0.3 is 0 Å². The van der Waals surface area contributed by atoms with E-state index in [1.807, 2.05) is 85.8 Å². The van der Waals surface area contributed by atoms with Crippen LogP contribution in [0.3, 0.4) is 0 Å². The fourth-order valence-electron chi connectivity index (χ4n) is 4.44. The van der Waals surface area contributed by atoms with Crippen LogP contribution in [0.1, 0.15) is 54.2 Å². The highest BCUT2D eigenvalue weighted by atomic mass is 16.5. The molecule has 0 bridgehead atoms. The maximum atomic E-state index is 13.5. The minimum atomic E-state index is -0.348. The van der Waals surface area contributed by atoms with E-state index in [9.17, 15) is 4.79 Å². The molecule has 4 aromatic rings. The number of hydrogen-bond acceptors (Lipinski definition) is 4. The Morgan fingerprint density at radius 1 is 0.711 bits per heavy atom. The van der Waals surface area contributed by atoms with Gasteiger partial charge in [0.15, 0.2) is 17.3 Å². The van der Waals surface area contributed by atoms with E-state index in [-0.39, 0.29) is 17.4 Å². The molecule has 0 fully saturated rings. The van der Waals surface area contributed by atoms with E-state index in [4.69, 9.17) is 9.47 Å². The average Bonchev–Trinajstić information content (AvgIpc) is 2.95. The zero-order chi connectivity index (χ0) is 26.8. The lowest BCUT2D eigenvalue weighted by Gasteiger charge is -2.30. The molecule has 4 aromatic carbocycles. The van der Waals surface area contributed by atoms with E-state index in [0.29, 0.717) is 30.3 Å². The molecule has 196 valence electrons. The van der Waals surface area contributed by atoms with E-state index in [0.717, 1.165) is 24.0 Å². The topological polar surface area (TPSA) is 47.6 Å². The number of ether oxygens (including phenoxy) is 2. The predicted octanol–water partition coefficient (Wildman–Crippen LogP) is 7.42. The van der Waals surface area contributed by atoms with Crippen molar-refractivity contribution in [1.82, 2.24) is 5.32 Å². The van der Waals surface area contributed by atoms with E-state index in [1.165, 1.54) is 5.56 Å². The molecule has 0 aliphatic rings. The first-order valence-corrected chi connectivity index (χ1v) is 13.2. The maximum absolute atomic E-state index is 13.5. The number of Topliss-reactive ketones (excluding diaryl/α,β-unsaturated/α-hetero) is 1. The summed E-state index contributed by atoms with van der Waals surface area (Å²) >= 11 is 0. The Labute approximate surface area is 226 Å². The fraction of sp³-hybridized carbons (Fsp3) is 0.265. The number of carbonyl (C=O) groups excluding carboxylic acids is 1. The molecule has 38 heavy (non-hydrogen) atoms. The van der Waals surface area contributed by atoms with E-state index >= 15 is 0 Å². The van der Waals surface area contributed by atoms with Crippen LogP contribution in [0.2, 0.25) is 0 Å². The van der Waals surface area contributed by atoms with Gasteiger partial charge in [-0.25, -0.2) is 0 Å². The quantitative estimate of drug-likeness (QED) is 0.191. The fourth-order valence-corrected chi connectivity index (χ4v) is 4.44. The molecule has 0 saturated heterocycles. The van der Waals surface area contributed by atoms with Crippen LogP contribution >= 0.6 is 0 Å². The Morgan fingerprint density at radius 2 is 1.21 bits per heavy atom. The van der Waals surface area contributed by atoms with Crippen molar-refractivity contribution < 1.29 is 14.3 Å². The van der Waals surface area contributed by atoms with Crippen LogP contribution in [0.15, 0.2) is 109 Å². The second kappa shape index (κ2) is 13.1. The van der Waals surface area contributed by atoms with Crippen molar-refractivity contribution in [3.63, 3.8) is 0 Å². The molecule has 4 nitrogen and oxygen atoms in total. The summed E-state index contributed by atoms with van der Waals surface area (Å²) in [5.41, 5.74) is 3.81. The Kier molecular flexibility index (Phi) is 9.34. The van der Waals surface area contributed by atoms with Crippen molar-refractivity contribution >= 4 is 5.78 Å². The normalized spacial score (nSPS) is 12.1. The Bertz CT molecular complexity index is 1290. The predicted molar refractivity (Wildman–Crippen MR) is 154 cm³/mol. The highest BCUT2D eigenvalue weighted by Crippen LogP contribution is 2.31. The average molecular weight is 508 g/mol. The zero-order valence-electron chi connectivity index (χ0n) is 22.5. The Hall–Kier alpha value is -3.89. The second-order valence-electron chi connectivity index (χ2n) is 10.3. The minimum Gasteiger partial charge on any atom is -0.485 e. The lowest BCUT2D eigenvalue weighted by Crippen LogP contribution is -2.48. The van der Waals surface area contributed by atoms with Crippen LogP contribution in [-0.2, 0) is 19.6 Å². The first-order valence-electron chi connectivity index (χ1n) is 13.2. The van der Waals surface area contributed by atoms with E-state index < -0.39 is 0 Å². The second-order valence-corrected chi connectivity index (χ2v) is 10.3. The molecule has 4 rings (SSSR count). The highest BCUT2D eigenvalue weighted by molar-refractivity contribution is 6.00. The molecule has 0 spiro atoms. The molecule has 0 amide bonds. The van der Waals surface area contributed by atoms with Gasteiger partial charge in [0, 0.05) is 11.1 Å². The van der Waals surface area contributed by atoms with Gasteiger partial charge in [-0.05, 0) is 68.5 Å². The van der Waals surface area contributed by atoms with Crippen LogP contribution < -0.4 is 14.8 Å². The van der Waals surface area contributed by atoms with Gasteiger partial charge in [-0.3, -0.25) is 4.79 Å². The van der Waals surface area contributed by atoms with Gasteiger partial charge < -0.3 is 14.8 Å². The van der Waals surface area contributed by atoms with Crippen LogP contribution in [0, 0.1) is 0 Å². The van der Waals surface area contributed by atoms with Crippen LogP contribution in [0.5, 0.6) is 11.5 Å². The van der Waals surface area contributed by atoms with Gasteiger partial charge in [0.2, 0.25) is 0 Å². The number of hydrogen-bond donors (Lipinski definition) is 1. The van der Waals surface area contributed by atoms with Crippen molar-refractivity contribution in [3.05, 3.63) is 131 Å². The van der Waals surface area contributed by atoms with E-state index in [1.54, 1.807) is 6.07 Å². The molecule has 0 radical (unpaired) electrons. The monoisotopic (exact) mass is 507 g/mol. The third kappa shape index (κ3) is 8.06. The standard InChI is InChI=1S/C34H37NO3/c1-26(35-34(2,3)22-21-27-13-7-4-8-14-27)33(36)30-19-20-31(37-24-28-15-9-5-10-16-28)32(23-30)38-25-29-17-11-6-12-18-29/h4-20,23,26,35H,21-22,24-25H2,1-3H3. The molecule has 1 unspecified atom stereocenters. The molecule has 0 aromatic heterocycles. The molecular formula is C34H37NO3. The third-order valence-corrected chi connectivity index (χ3v) is 6.58. The van der Waals surface area contributed by atoms with Crippen LogP contribution in [0.25, 0.3) is 0 Å². The van der Waals surface area contributed by atoms with Gasteiger partial charge in [-0.1, -0.05) is 91.0 Å². The smallest absolute Gasteiger partial charge is 0.179 e. The SMILES string of the molecule is CC(NC(C)(C)CCc1ccccc1)C(=O)c1ccc(OCc2ccccc2)c(OCc2ccccc2)c1. The van der Waals surface area contributed by atoms with Crippen molar-refractivity contribution in [2.24, 2.45) is 0 Å². The van der Waals surface area contributed by atoms with Gasteiger partial charge in [-0.2, -0.15) is 0 Å². The number of carbonyl (C=O) groups is 1. The molecule has 0 aliphatic heterocycles. The lowest BCUT2D eigenvalue weighted by atomic mass is 9.93. The van der Waals surface area contributed by atoms with Crippen molar-refractivity contribution in [3.8, 4) is 11.5 Å². The number of benzene rings is 4. The first-order chi connectivity index (χ1) is 18.4. The summed E-state index contributed by atoms with van der Waals surface area (Å²) in [6.45, 7) is 7.03. The summed E-state index contributed by atoms with van der Waals surface area (Å²) in [7, 11) is 0. The van der Waals surface area contributed by atoms with E-state index in [2.05, 4.69) is 43.4 Å². The largest absolute Gasteiger partial charge is 0.485 e. The van der Waals surface area contributed by atoms with Gasteiger partial charge in [-0.15, -0.1) is 0 Å². The molecular weight excluding hydrogens is 470 g/mol. The summed E-state index contributed by atoms with van der Waals surface area (Å²) in [5, 5.41) is 3.54. The van der Waals surface area contributed by atoms with Gasteiger partial charge in [0.25, 0.3) is 0 Å². The van der Waals surface area contributed by atoms with Gasteiger partial charge in [0.05, 0.1) is 6.04 Å². The lowest BCUT2D eigenvalue weighted by molar-refractivity contribution is 0.0930. The van der Waals surface area contributed by atoms with Crippen molar-refractivity contribution in [1.29, 1.82) is 0 Å². The Balaban J connectivity index is 1.45. The summed E-state index contributed by atoms with van der Waals surface area (Å²) < 4.78 is 12.3. The van der Waals surface area contributed by atoms with Gasteiger partial charge in [0.1, 0.15) is 13.2 Å². The van der Waals surface area contributed by atoms with Crippen LogP contribution in [-0.4, -0.2) is 17.4 Å². The van der Waals surface area contributed by atoms with Crippen molar-refractivity contribution in [2.45, 2.75) is 58.4 Å². The number of ketones is 1. The molecule has 1 atom stereocenters. The summed E-state index contributed by atoms with van der Waals surface area (Å²) in [4.78, 5) is 13.5. The summed E-state index contributed by atoms with van der Waals surface area (Å²) in [6.07, 6.45) is 1.87. The number of aryl methyl sites for hydroxylation is 1. The summed E-state index contributed by atoms with van der Waals surface area (Å²) in [6, 6.07) is 35.5. The van der Waals surface area contributed by atoms with Crippen molar-refractivity contribution in [2.75, 3.05) is 0 Å². The molecule has 0 saturated carbocycles. The Morgan fingerprint density at radius 3 is 1.76 bits per heavy atom. The minimum absolute atomic E-state index is 0.0250. The number of rotatable bonds is 13. The number of nitrogens with one attached hydrogen (secondary N) is 1. The zero-order valence-corrected chi connectivity index (χ0v) is 22.5. The van der Waals surface area contributed by atoms with Crippen LogP contribution in [0.4, 0.5) is 0 Å². The first kappa shape index (κ1) is 27.2. The third-order valence-electron chi connectivity index (χ3n) is 6.58. The maximum Gasteiger partial charge on any atom is 0.179 e. The summed E-state index contributed by atoms with van der Waals surface area (Å²) in [5.74, 6) is 1.20.